The Morgan fingerprint density at radius 3 is 3.00 bits per heavy atom. The standard InChI is InChI=1S/C18H21NO4S/c1-11-5-13-6-14(3-4-18(13)23-11)22-8-15-7-19(12(2)24-15)16-9-21-10-17(16)20/h3-7,12,16-17,20H,8-10H2,1-2H3/t12?,16-,17+/m1/s1. The van der Waals surface area contributed by atoms with Crippen molar-refractivity contribution in [3.05, 3.63) is 41.1 Å². The van der Waals surface area contributed by atoms with Crippen molar-refractivity contribution in [1.29, 1.82) is 0 Å². The van der Waals surface area contributed by atoms with E-state index in [0.29, 0.717) is 19.8 Å². The minimum atomic E-state index is -0.420. The van der Waals surface area contributed by atoms with Crippen molar-refractivity contribution in [1.82, 2.24) is 4.90 Å². The summed E-state index contributed by atoms with van der Waals surface area (Å²) in [5.41, 5.74) is 0.879. The van der Waals surface area contributed by atoms with E-state index < -0.39 is 6.10 Å². The third-order valence-corrected chi connectivity index (χ3v) is 5.54. The fourth-order valence-electron chi connectivity index (χ4n) is 3.23. The van der Waals surface area contributed by atoms with E-state index >= 15 is 0 Å². The lowest BCUT2D eigenvalue weighted by Crippen LogP contribution is -2.41. The topological polar surface area (TPSA) is 55.1 Å². The van der Waals surface area contributed by atoms with Crippen molar-refractivity contribution in [2.24, 2.45) is 0 Å². The fraction of sp³-hybridized carbons (Fsp3) is 0.444. The highest BCUT2D eigenvalue weighted by molar-refractivity contribution is 8.03. The first kappa shape index (κ1) is 15.9. The summed E-state index contributed by atoms with van der Waals surface area (Å²) >= 11 is 1.77. The molecule has 1 unspecified atom stereocenters. The van der Waals surface area contributed by atoms with E-state index in [1.54, 1.807) is 11.8 Å². The van der Waals surface area contributed by atoms with Gasteiger partial charge in [0, 0.05) is 16.5 Å². The van der Waals surface area contributed by atoms with Crippen molar-refractivity contribution < 1.29 is 19.0 Å². The van der Waals surface area contributed by atoms with Crippen molar-refractivity contribution >= 4 is 22.7 Å². The molecule has 5 nitrogen and oxygen atoms in total. The quantitative estimate of drug-likeness (QED) is 0.917. The molecular formula is C18H21NO4S. The number of benzene rings is 1. The summed E-state index contributed by atoms with van der Waals surface area (Å²) in [5.74, 6) is 1.73. The van der Waals surface area contributed by atoms with Crippen molar-refractivity contribution in [3.8, 4) is 5.75 Å². The average molecular weight is 347 g/mol. The Hall–Kier alpha value is -1.63. The van der Waals surface area contributed by atoms with Gasteiger partial charge in [0.05, 0.1) is 30.7 Å². The monoisotopic (exact) mass is 347 g/mol. The molecule has 128 valence electrons. The van der Waals surface area contributed by atoms with E-state index in [0.717, 1.165) is 27.4 Å². The summed E-state index contributed by atoms with van der Waals surface area (Å²) in [5, 5.41) is 11.4. The van der Waals surface area contributed by atoms with Crippen LogP contribution < -0.4 is 4.74 Å². The highest BCUT2D eigenvalue weighted by atomic mass is 32.2. The first-order valence-electron chi connectivity index (χ1n) is 8.14. The third-order valence-electron chi connectivity index (χ3n) is 4.43. The van der Waals surface area contributed by atoms with E-state index in [9.17, 15) is 5.11 Å². The molecule has 1 aromatic carbocycles. The number of rotatable bonds is 4. The van der Waals surface area contributed by atoms with Gasteiger partial charge in [0.25, 0.3) is 0 Å². The normalized spacial score (nSPS) is 27.0. The van der Waals surface area contributed by atoms with Gasteiger partial charge in [-0.25, -0.2) is 0 Å². The maximum absolute atomic E-state index is 10.0. The largest absolute Gasteiger partial charge is 0.488 e. The van der Waals surface area contributed by atoms with Crippen LogP contribution in [0.4, 0.5) is 0 Å². The Morgan fingerprint density at radius 2 is 2.21 bits per heavy atom. The molecule has 1 saturated heterocycles. The Kier molecular flexibility index (Phi) is 4.20. The minimum Gasteiger partial charge on any atom is -0.488 e. The molecule has 6 heteroatoms. The Balaban J connectivity index is 1.43. The van der Waals surface area contributed by atoms with Crippen LogP contribution >= 0.6 is 11.8 Å². The predicted octanol–water partition coefficient (Wildman–Crippen LogP) is 3.12. The van der Waals surface area contributed by atoms with E-state index in [4.69, 9.17) is 13.9 Å². The van der Waals surface area contributed by atoms with E-state index in [-0.39, 0.29) is 11.4 Å². The molecule has 2 aromatic rings. The van der Waals surface area contributed by atoms with Crippen LogP contribution in [-0.4, -0.2) is 47.3 Å². The second-order valence-electron chi connectivity index (χ2n) is 6.28. The van der Waals surface area contributed by atoms with Crippen LogP contribution in [0, 0.1) is 6.92 Å². The van der Waals surface area contributed by atoms with Gasteiger partial charge in [-0.2, -0.15) is 0 Å². The van der Waals surface area contributed by atoms with Gasteiger partial charge in [-0.15, -0.1) is 11.8 Å². The van der Waals surface area contributed by atoms with E-state index in [1.807, 2.05) is 31.2 Å². The Labute approximate surface area is 145 Å². The Bertz CT molecular complexity index is 771. The molecule has 2 aliphatic rings. The van der Waals surface area contributed by atoms with Crippen LogP contribution in [0.5, 0.6) is 5.75 Å². The zero-order valence-electron chi connectivity index (χ0n) is 13.8. The van der Waals surface area contributed by atoms with Crippen LogP contribution in [0.3, 0.4) is 0 Å². The molecule has 0 amide bonds. The third kappa shape index (κ3) is 3.01. The van der Waals surface area contributed by atoms with Gasteiger partial charge < -0.3 is 23.9 Å². The lowest BCUT2D eigenvalue weighted by atomic mass is 10.2. The molecular weight excluding hydrogens is 326 g/mol. The molecule has 0 radical (unpaired) electrons. The number of hydrogen-bond donors (Lipinski definition) is 1. The van der Waals surface area contributed by atoms with Crippen LogP contribution in [0.15, 0.2) is 39.8 Å². The van der Waals surface area contributed by atoms with Gasteiger partial charge in [-0.3, -0.25) is 0 Å². The molecule has 2 aliphatic heterocycles. The van der Waals surface area contributed by atoms with Gasteiger partial charge in [0.2, 0.25) is 0 Å². The highest BCUT2D eigenvalue weighted by Crippen LogP contribution is 2.36. The minimum absolute atomic E-state index is 0.0373. The fourth-order valence-corrected chi connectivity index (χ4v) is 4.32. The molecule has 1 aromatic heterocycles. The van der Waals surface area contributed by atoms with Crippen LogP contribution in [-0.2, 0) is 4.74 Å². The summed E-state index contributed by atoms with van der Waals surface area (Å²) in [4.78, 5) is 3.34. The second kappa shape index (κ2) is 6.35. The van der Waals surface area contributed by atoms with E-state index in [1.165, 1.54) is 0 Å². The second-order valence-corrected chi connectivity index (χ2v) is 7.72. The zero-order chi connectivity index (χ0) is 16.7. The molecule has 0 spiro atoms. The van der Waals surface area contributed by atoms with Crippen LogP contribution in [0.25, 0.3) is 11.0 Å². The molecule has 0 bridgehead atoms. The lowest BCUT2D eigenvalue weighted by Gasteiger charge is -2.29. The molecule has 3 heterocycles. The van der Waals surface area contributed by atoms with Gasteiger partial charge in [-0.05, 0) is 38.1 Å². The SMILES string of the molecule is Cc1cc2cc(OCC3=CN([C@@H]4COC[C@@H]4O)C(C)S3)ccc2o1. The first-order chi connectivity index (χ1) is 11.6. The molecule has 24 heavy (non-hydrogen) atoms. The summed E-state index contributed by atoms with van der Waals surface area (Å²) in [7, 11) is 0. The predicted molar refractivity (Wildman–Crippen MR) is 94.0 cm³/mol. The highest BCUT2D eigenvalue weighted by Gasteiger charge is 2.36. The number of aliphatic hydroxyl groups is 1. The van der Waals surface area contributed by atoms with Gasteiger partial charge in [-0.1, -0.05) is 0 Å². The van der Waals surface area contributed by atoms with Crippen LogP contribution in [0.1, 0.15) is 12.7 Å². The van der Waals surface area contributed by atoms with Gasteiger partial charge >= 0.3 is 0 Å². The summed E-state index contributed by atoms with van der Waals surface area (Å²) < 4.78 is 16.9. The van der Waals surface area contributed by atoms with Crippen molar-refractivity contribution in [2.45, 2.75) is 31.4 Å². The molecule has 1 N–H and O–H groups in total. The van der Waals surface area contributed by atoms with E-state index in [2.05, 4.69) is 18.0 Å². The molecule has 3 atom stereocenters. The number of thioether (sulfide) groups is 1. The molecule has 4 rings (SSSR count). The van der Waals surface area contributed by atoms with Crippen molar-refractivity contribution in [3.63, 3.8) is 0 Å². The number of ether oxygens (including phenoxy) is 2. The van der Waals surface area contributed by atoms with Gasteiger partial charge in [0.1, 0.15) is 23.7 Å². The average Bonchev–Trinajstić information content (AvgIpc) is 3.22. The summed E-state index contributed by atoms with van der Waals surface area (Å²) in [6, 6.07) is 7.92. The van der Waals surface area contributed by atoms with Crippen LogP contribution in [0.2, 0.25) is 0 Å². The number of furan rings is 1. The molecule has 0 aliphatic carbocycles. The maximum Gasteiger partial charge on any atom is 0.134 e. The first-order valence-corrected chi connectivity index (χ1v) is 9.02. The summed E-state index contributed by atoms with van der Waals surface area (Å²) in [6.45, 7) is 5.60. The summed E-state index contributed by atoms with van der Waals surface area (Å²) in [6.07, 6.45) is 1.68. The molecule has 0 saturated carbocycles. The maximum atomic E-state index is 10.0. The number of hydrogen-bond acceptors (Lipinski definition) is 6. The number of aryl methyl sites for hydroxylation is 1. The van der Waals surface area contributed by atoms with Crippen molar-refractivity contribution in [2.75, 3.05) is 19.8 Å². The zero-order valence-corrected chi connectivity index (χ0v) is 14.6. The smallest absolute Gasteiger partial charge is 0.134 e. The number of aliphatic hydroxyl groups excluding tert-OH is 1. The van der Waals surface area contributed by atoms with Gasteiger partial charge in [0.15, 0.2) is 0 Å². The number of nitrogens with zero attached hydrogens (tertiary/aromatic N) is 1. The lowest BCUT2D eigenvalue weighted by molar-refractivity contribution is 0.102. The number of fused-ring (bicyclic) bond motifs is 1. The molecule has 1 fully saturated rings. The Morgan fingerprint density at radius 1 is 1.33 bits per heavy atom.